The van der Waals surface area contributed by atoms with Crippen LogP contribution in [0, 0.1) is 0 Å². The summed E-state index contributed by atoms with van der Waals surface area (Å²) in [5, 5.41) is 2.49. The van der Waals surface area contributed by atoms with Gasteiger partial charge in [-0.1, -0.05) is 0 Å². The van der Waals surface area contributed by atoms with E-state index < -0.39 is 25.1 Å². The van der Waals surface area contributed by atoms with Crippen LogP contribution in [0.4, 0.5) is 20.2 Å². The molecule has 0 saturated carbocycles. The Labute approximate surface area is 149 Å². The average Bonchev–Trinajstić information content (AvgIpc) is 2.61. The Bertz CT molecular complexity index is 747. The Morgan fingerprint density at radius 2 is 1.65 bits per heavy atom. The first-order chi connectivity index (χ1) is 12.3. The molecule has 8 heteroatoms. The zero-order valence-corrected chi connectivity index (χ0v) is 14.2. The minimum absolute atomic E-state index is 0.0226. The van der Waals surface area contributed by atoms with Crippen molar-refractivity contribution in [3.63, 3.8) is 0 Å². The van der Waals surface area contributed by atoms with Crippen LogP contribution in [0.25, 0.3) is 0 Å². The number of halogens is 2. The average molecular weight is 364 g/mol. The Balaban J connectivity index is 1.83. The molecule has 2 aromatic carbocycles. The summed E-state index contributed by atoms with van der Waals surface area (Å²) in [4.78, 5) is 25.6. The van der Waals surface area contributed by atoms with Crippen LogP contribution in [0.5, 0.6) is 5.75 Å². The van der Waals surface area contributed by atoms with E-state index in [0.29, 0.717) is 11.3 Å². The molecule has 0 spiro atoms. The highest BCUT2D eigenvalue weighted by molar-refractivity contribution is 5.95. The number of carbonyl (C=O) groups excluding carboxylic acids is 2. The van der Waals surface area contributed by atoms with Crippen LogP contribution >= 0.6 is 0 Å². The van der Waals surface area contributed by atoms with Gasteiger partial charge in [-0.2, -0.15) is 8.78 Å². The van der Waals surface area contributed by atoms with Gasteiger partial charge in [-0.15, -0.1) is 0 Å². The topological polar surface area (TPSA) is 67.9 Å². The highest BCUT2D eigenvalue weighted by Crippen LogP contribution is 2.17. The Morgan fingerprint density at radius 1 is 1.04 bits per heavy atom. The summed E-state index contributed by atoms with van der Waals surface area (Å²) in [5.41, 5.74) is 1.62. The van der Waals surface area contributed by atoms with Gasteiger partial charge < -0.3 is 19.7 Å². The maximum atomic E-state index is 12.1. The molecule has 1 N–H and O–H groups in total. The van der Waals surface area contributed by atoms with Crippen molar-refractivity contribution < 1.29 is 27.8 Å². The van der Waals surface area contributed by atoms with Crippen molar-refractivity contribution in [2.24, 2.45) is 0 Å². The summed E-state index contributed by atoms with van der Waals surface area (Å²) >= 11 is 0. The van der Waals surface area contributed by atoms with Gasteiger partial charge in [0.1, 0.15) is 5.75 Å². The van der Waals surface area contributed by atoms with Gasteiger partial charge in [-0.3, -0.25) is 4.79 Å². The molecular formula is C18H18F2N2O4. The zero-order chi connectivity index (χ0) is 19.1. The number of alkyl halides is 2. The molecule has 0 radical (unpaired) electrons. The number of esters is 1. The van der Waals surface area contributed by atoms with Gasteiger partial charge in [0.15, 0.2) is 6.61 Å². The lowest BCUT2D eigenvalue weighted by Gasteiger charge is -2.12. The Kier molecular flexibility index (Phi) is 6.48. The number of hydrogen-bond acceptors (Lipinski definition) is 5. The second-order valence-corrected chi connectivity index (χ2v) is 5.47. The van der Waals surface area contributed by atoms with Gasteiger partial charge in [0.25, 0.3) is 5.91 Å². The van der Waals surface area contributed by atoms with Crippen LogP contribution in [0.1, 0.15) is 10.4 Å². The molecule has 2 rings (SSSR count). The fourth-order valence-corrected chi connectivity index (χ4v) is 2.03. The standard InChI is InChI=1S/C18H18F2N2O4/c1-22(2)14-7-3-12(4-8-14)17(24)25-11-16(23)21-13-5-9-15(10-6-13)26-18(19)20/h3-10,18H,11H2,1-2H3,(H,21,23). The van der Waals surface area contributed by atoms with Crippen molar-refractivity contribution in [1.29, 1.82) is 0 Å². The Morgan fingerprint density at radius 3 is 2.19 bits per heavy atom. The molecule has 0 bridgehead atoms. The lowest BCUT2D eigenvalue weighted by molar-refractivity contribution is -0.119. The SMILES string of the molecule is CN(C)c1ccc(C(=O)OCC(=O)Nc2ccc(OC(F)F)cc2)cc1. The number of rotatable bonds is 7. The molecule has 0 aliphatic heterocycles. The molecule has 1 amide bonds. The normalized spacial score (nSPS) is 10.3. The number of amides is 1. The molecule has 138 valence electrons. The predicted octanol–water partition coefficient (Wildman–Crippen LogP) is 3.15. The summed E-state index contributed by atoms with van der Waals surface area (Å²) in [6.45, 7) is -3.38. The largest absolute Gasteiger partial charge is 0.452 e. The van der Waals surface area contributed by atoms with Crippen LogP contribution in [-0.2, 0) is 9.53 Å². The second-order valence-electron chi connectivity index (χ2n) is 5.47. The van der Waals surface area contributed by atoms with Gasteiger partial charge >= 0.3 is 12.6 Å². The van der Waals surface area contributed by atoms with Gasteiger partial charge in [0.2, 0.25) is 0 Å². The maximum absolute atomic E-state index is 12.1. The number of hydrogen-bond donors (Lipinski definition) is 1. The molecule has 2 aromatic rings. The van der Waals surface area contributed by atoms with Crippen molar-refractivity contribution >= 4 is 23.3 Å². The van der Waals surface area contributed by atoms with Crippen LogP contribution in [0.3, 0.4) is 0 Å². The van der Waals surface area contributed by atoms with E-state index in [0.717, 1.165) is 5.69 Å². The first-order valence-electron chi connectivity index (χ1n) is 7.64. The van der Waals surface area contributed by atoms with Crippen LogP contribution in [-0.4, -0.2) is 39.2 Å². The van der Waals surface area contributed by atoms with Gasteiger partial charge in [0, 0.05) is 25.5 Å². The third-order valence-corrected chi connectivity index (χ3v) is 3.32. The minimum Gasteiger partial charge on any atom is -0.452 e. The highest BCUT2D eigenvalue weighted by Gasteiger charge is 2.11. The monoisotopic (exact) mass is 364 g/mol. The summed E-state index contributed by atoms with van der Waals surface area (Å²) in [7, 11) is 3.76. The first-order valence-corrected chi connectivity index (χ1v) is 7.64. The summed E-state index contributed by atoms with van der Waals surface area (Å²) in [6.07, 6.45) is 0. The number of benzene rings is 2. The smallest absolute Gasteiger partial charge is 0.387 e. The molecule has 0 unspecified atom stereocenters. The minimum atomic E-state index is -2.92. The van der Waals surface area contributed by atoms with E-state index in [1.165, 1.54) is 24.3 Å². The van der Waals surface area contributed by atoms with E-state index >= 15 is 0 Å². The Hall–Kier alpha value is -3.16. The summed E-state index contributed by atoms with van der Waals surface area (Å²) < 4.78 is 33.3. The molecule has 0 fully saturated rings. The van der Waals surface area contributed by atoms with Crippen molar-refractivity contribution in [3.05, 3.63) is 54.1 Å². The molecule has 0 heterocycles. The molecule has 0 aliphatic rings. The second kappa shape index (κ2) is 8.80. The number of nitrogens with one attached hydrogen (secondary N) is 1. The van der Waals surface area contributed by atoms with E-state index in [2.05, 4.69) is 10.1 Å². The molecule has 0 saturated heterocycles. The lowest BCUT2D eigenvalue weighted by Crippen LogP contribution is -2.21. The number of nitrogens with zero attached hydrogens (tertiary/aromatic N) is 1. The number of ether oxygens (including phenoxy) is 2. The van der Waals surface area contributed by atoms with Crippen LogP contribution < -0.4 is 15.0 Å². The number of anilines is 2. The van der Waals surface area contributed by atoms with Gasteiger partial charge in [0.05, 0.1) is 5.56 Å². The van der Waals surface area contributed by atoms with Crippen LogP contribution in [0.15, 0.2) is 48.5 Å². The molecule has 0 atom stereocenters. The predicted molar refractivity (Wildman–Crippen MR) is 92.8 cm³/mol. The molecule has 6 nitrogen and oxygen atoms in total. The zero-order valence-electron chi connectivity index (χ0n) is 14.2. The molecule has 0 aliphatic carbocycles. The lowest BCUT2D eigenvalue weighted by atomic mass is 10.2. The van der Waals surface area contributed by atoms with E-state index in [4.69, 9.17) is 4.74 Å². The van der Waals surface area contributed by atoms with Crippen molar-refractivity contribution in [1.82, 2.24) is 0 Å². The molecule has 0 aromatic heterocycles. The molecular weight excluding hydrogens is 346 g/mol. The summed E-state index contributed by atoms with van der Waals surface area (Å²) in [6, 6.07) is 12.1. The van der Waals surface area contributed by atoms with Gasteiger partial charge in [-0.25, -0.2) is 4.79 Å². The fraction of sp³-hybridized carbons (Fsp3) is 0.222. The quantitative estimate of drug-likeness (QED) is 0.765. The van der Waals surface area contributed by atoms with Crippen LogP contribution in [0.2, 0.25) is 0 Å². The van der Waals surface area contributed by atoms with Crippen molar-refractivity contribution in [3.8, 4) is 5.75 Å². The third-order valence-electron chi connectivity index (χ3n) is 3.32. The van der Waals surface area contributed by atoms with E-state index in [9.17, 15) is 18.4 Å². The first kappa shape index (κ1) is 19.2. The highest BCUT2D eigenvalue weighted by atomic mass is 19.3. The van der Waals surface area contributed by atoms with Gasteiger partial charge in [-0.05, 0) is 48.5 Å². The van der Waals surface area contributed by atoms with Crippen molar-refractivity contribution in [2.75, 3.05) is 30.9 Å². The maximum Gasteiger partial charge on any atom is 0.387 e. The van der Waals surface area contributed by atoms with E-state index in [-0.39, 0.29) is 5.75 Å². The summed E-state index contributed by atoms with van der Waals surface area (Å²) in [5.74, 6) is -1.19. The number of carbonyl (C=O) groups is 2. The van der Waals surface area contributed by atoms with E-state index in [1.54, 1.807) is 24.3 Å². The van der Waals surface area contributed by atoms with E-state index in [1.807, 2.05) is 19.0 Å². The fourth-order valence-electron chi connectivity index (χ4n) is 2.03. The van der Waals surface area contributed by atoms with Crippen molar-refractivity contribution in [2.45, 2.75) is 6.61 Å². The third kappa shape index (κ3) is 5.73. The molecule has 26 heavy (non-hydrogen) atoms.